The molecule has 0 spiro atoms. The second-order valence-electron chi connectivity index (χ2n) is 8.44. The molecule has 0 saturated carbocycles. The van der Waals surface area contributed by atoms with Crippen LogP contribution in [0.4, 0.5) is 4.39 Å². The number of likely N-dealkylation sites (tertiary alicyclic amines) is 1. The summed E-state index contributed by atoms with van der Waals surface area (Å²) in [6.45, 7) is 1.79. The number of hydrogen-bond acceptors (Lipinski definition) is 6. The van der Waals surface area contributed by atoms with Crippen molar-refractivity contribution < 1.29 is 19.0 Å². The maximum atomic E-state index is 15.5. The summed E-state index contributed by atoms with van der Waals surface area (Å²) in [6, 6.07) is 5.23. The molecule has 1 fully saturated rings. The molecule has 6 nitrogen and oxygen atoms in total. The van der Waals surface area contributed by atoms with Crippen LogP contribution < -0.4 is 4.74 Å². The first-order chi connectivity index (χ1) is 16.4. The van der Waals surface area contributed by atoms with Gasteiger partial charge < -0.3 is 9.84 Å². The van der Waals surface area contributed by atoms with Gasteiger partial charge in [-0.05, 0) is 43.9 Å². The lowest BCUT2D eigenvalue weighted by molar-refractivity contribution is -0.152. The summed E-state index contributed by atoms with van der Waals surface area (Å²) < 4.78 is 20.8. The third-order valence-electron chi connectivity index (χ3n) is 6.47. The summed E-state index contributed by atoms with van der Waals surface area (Å²) in [6.07, 6.45) is 2.96. The number of rotatable bonds is 7. The van der Waals surface area contributed by atoms with E-state index in [4.69, 9.17) is 16.3 Å². The molecule has 1 aliphatic rings. The molecule has 178 valence electrons. The fourth-order valence-electron chi connectivity index (χ4n) is 4.39. The van der Waals surface area contributed by atoms with Gasteiger partial charge in [-0.3, -0.25) is 19.7 Å². The molecular weight excluding hydrogens is 477 g/mol. The number of pyridine rings is 1. The standard InChI is InChI=1S/C25H25ClFN3O3S/c1-33-17-4-5-22-19(13-17)23(20(26)15-29-22)21(27)6-7-25(24(31)32)8-11-30(12-9-25)10-2-3-18-14-28-16-34-18/h4-5,13-16,21H,6-12H2,1H3,(H,31,32)/t21-/m0/s1. The van der Waals surface area contributed by atoms with Crippen LogP contribution in [0.15, 0.2) is 36.1 Å². The second-order valence-corrected chi connectivity index (χ2v) is 9.73. The first-order valence-electron chi connectivity index (χ1n) is 11.0. The zero-order chi connectivity index (χ0) is 24.1. The van der Waals surface area contributed by atoms with Crippen LogP contribution in [0.3, 0.4) is 0 Å². The average Bonchev–Trinajstić information content (AvgIpc) is 3.36. The second kappa shape index (κ2) is 10.7. The number of fused-ring (bicyclic) bond motifs is 1. The zero-order valence-corrected chi connectivity index (χ0v) is 20.3. The summed E-state index contributed by atoms with van der Waals surface area (Å²) in [5, 5.41) is 10.8. The average molecular weight is 502 g/mol. The van der Waals surface area contributed by atoms with Crippen LogP contribution in [0.5, 0.6) is 5.75 Å². The lowest BCUT2D eigenvalue weighted by Gasteiger charge is -2.38. The molecule has 1 saturated heterocycles. The molecule has 3 heterocycles. The summed E-state index contributed by atoms with van der Waals surface area (Å²) in [7, 11) is 1.54. The molecule has 0 radical (unpaired) electrons. The first kappa shape index (κ1) is 24.4. The van der Waals surface area contributed by atoms with Crippen molar-refractivity contribution in [3.8, 4) is 17.6 Å². The van der Waals surface area contributed by atoms with E-state index in [1.54, 1.807) is 37.0 Å². The number of carboxylic acids is 1. The van der Waals surface area contributed by atoms with E-state index >= 15 is 4.39 Å². The minimum absolute atomic E-state index is 0.0630. The van der Waals surface area contributed by atoms with E-state index < -0.39 is 17.6 Å². The van der Waals surface area contributed by atoms with Gasteiger partial charge in [0.05, 0.1) is 46.2 Å². The highest BCUT2D eigenvalue weighted by Gasteiger charge is 2.41. The molecule has 0 aliphatic carbocycles. The van der Waals surface area contributed by atoms with E-state index in [1.807, 2.05) is 0 Å². The van der Waals surface area contributed by atoms with Gasteiger partial charge in [0.2, 0.25) is 0 Å². The number of carbonyl (C=O) groups is 1. The molecule has 34 heavy (non-hydrogen) atoms. The normalized spacial score (nSPS) is 16.6. The number of piperidine rings is 1. The lowest BCUT2D eigenvalue weighted by atomic mass is 9.74. The number of methoxy groups -OCH3 is 1. The van der Waals surface area contributed by atoms with Crippen molar-refractivity contribution in [3.05, 3.63) is 51.6 Å². The van der Waals surface area contributed by atoms with Crippen molar-refractivity contribution in [3.63, 3.8) is 0 Å². The van der Waals surface area contributed by atoms with Crippen molar-refractivity contribution in [1.82, 2.24) is 14.9 Å². The van der Waals surface area contributed by atoms with Crippen LogP contribution in [0.1, 0.15) is 42.3 Å². The highest BCUT2D eigenvalue weighted by atomic mass is 35.5. The van der Waals surface area contributed by atoms with Crippen molar-refractivity contribution >= 4 is 39.8 Å². The van der Waals surface area contributed by atoms with Gasteiger partial charge in [-0.25, -0.2) is 4.39 Å². The molecule has 4 rings (SSSR count). The number of aromatic nitrogens is 2. The van der Waals surface area contributed by atoms with Crippen molar-refractivity contribution in [2.24, 2.45) is 5.41 Å². The largest absolute Gasteiger partial charge is 0.497 e. The Balaban J connectivity index is 1.43. The Hall–Kier alpha value is -2.73. The number of aliphatic carboxylic acids is 1. The van der Waals surface area contributed by atoms with Gasteiger partial charge >= 0.3 is 5.97 Å². The van der Waals surface area contributed by atoms with Gasteiger partial charge in [-0.2, -0.15) is 0 Å². The number of ether oxygens (including phenoxy) is 1. The molecule has 0 unspecified atom stereocenters. The minimum atomic E-state index is -1.41. The van der Waals surface area contributed by atoms with Crippen LogP contribution in [-0.4, -0.2) is 52.7 Å². The van der Waals surface area contributed by atoms with Gasteiger partial charge in [0, 0.05) is 30.2 Å². The molecule has 0 amide bonds. The predicted octanol–water partition coefficient (Wildman–Crippen LogP) is 5.36. The maximum absolute atomic E-state index is 15.5. The van der Waals surface area contributed by atoms with Crippen molar-refractivity contribution in [2.45, 2.75) is 31.9 Å². The predicted molar refractivity (Wildman–Crippen MR) is 131 cm³/mol. The SMILES string of the molecule is COc1ccc2ncc(Cl)c([C@@H](F)CCC3(C(=O)O)CCN(CC#Cc4cncs4)CC3)c2c1. The van der Waals surface area contributed by atoms with Crippen LogP contribution >= 0.6 is 22.9 Å². The van der Waals surface area contributed by atoms with Crippen molar-refractivity contribution in [1.29, 1.82) is 0 Å². The third-order valence-corrected chi connectivity index (χ3v) is 7.46. The van der Waals surface area contributed by atoms with Gasteiger partial charge in [-0.1, -0.05) is 23.4 Å². The Kier molecular flexibility index (Phi) is 7.67. The molecule has 0 bridgehead atoms. The van der Waals surface area contributed by atoms with E-state index in [0.717, 1.165) is 4.88 Å². The summed E-state index contributed by atoms with van der Waals surface area (Å²) >= 11 is 7.82. The van der Waals surface area contributed by atoms with Crippen LogP contribution in [0.25, 0.3) is 10.9 Å². The van der Waals surface area contributed by atoms with E-state index in [2.05, 4.69) is 26.7 Å². The van der Waals surface area contributed by atoms with Crippen LogP contribution in [0.2, 0.25) is 5.02 Å². The maximum Gasteiger partial charge on any atom is 0.309 e. The van der Waals surface area contributed by atoms with Crippen LogP contribution in [-0.2, 0) is 4.79 Å². The smallest absolute Gasteiger partial charge is 0.309 e. The first-order valence-corrected chi connectivity index (χ1v) is 12.3. The van der Waals surface area contributed by atoms with Crippen LogP contribution in [0, 0.1) is 17.3 Å². The fraction of sp³-hybridized carbons (Fsp3) is 0.400. The topological polar surface area (TPSA) is 75.6 Å². The molecule has 3 aromatic rings. The summed E-state index contributed by atoms with van der Waals surface area (Å²) in [5.41, 5.74) is 1.73. The Morgan fingerprint density at radius 1 is 1.38 bits per heavy atom. The molecule has 1 aromatic carbocycles. The number of halogens is 2. The molecule has 1 atom stereocenters. The Labute approximate surface area is 206 Å². The van der Waals surface area contributed by atoms with Gasteiger partial charge in [0.1, 0.15) is 11.9 Å². The fourth-order valence-corrected chi connectivity index (χ4v) is 5.14. The lowest BCUT2D eigenvalue weighted by Crippen LogP contribution is -2.44. The summed E-state index contributed by atoms with van der Waals surface area (Å²) in [4.78, 5) is 23.6. The third kappa shape index (κ3) is 5.33. The summed E-state index contributed by atoms with van der Waals surface area (Å²) in [5.74, 6) is 5.91. The molecule has 2 aromatic heterocycles. The van der Waals surface area contributed by atoms with Gasteiger partial charge in [0.25, 0.3) is 0 Å². The number of nitrogens with zero attached hydrogens (tertiary/aromatic N) is 3. The number of carboxylic acid groups (broad SMARTS) is 1. The molecule has 9 heteroatoms. The molecular formula is C25H25ClFN3O3S. The van der Waals surface area contributed by atoms with E-state index in [9.17, 15) is 9.90 Å². The van der Waals surface area contributed by atoms with Crippen molar-refractivity contribution in [2.75, 3.05) is 26.7 Å². The monoisotopic (exact) mass is 501 g/mol. The Bertz CT molecular complexity index is 1220. The van der Waals surface area contributed by atoms with E-state index in [1.165, 1.54) is 17.5 Å². The molecule has 1 aliphatic heterocycles. The number of benzene rings is 1. The molecule has 1 N–H and O–H groups in total. The van der Waals surface area contributed by atoms with E-state index in [0.29, 0.717) is 54.7 Å². The zero-order valence-electron chi connectivity index (χ0n) is 18.8. The minimum Gasteiger partial charge on any atom is -0.497 e. The number of alkyl halides is 1. The Morgan fingerprint density at radius 3 is 2.85 bits per heavy atom. The highest BCUT2D eigenvalue weighted by molar-refractivity contribution is 7.10. The van der Waals surface area contributed by atoms with Gasteiger partial charge in [-0.15, -0.1) is 11.3 Å². The highest BCUT2D eigenvalue weighted by Crippen LogP contribution is 2.42. The van der Waals surface area contributed by atoms with Gasteiger partial charge in [0.15, 0.2) is 0 Å². The quantitative estimate of drug-likeness (QED) is 0.439. The number of thiazole rings is 1. The van der Waals surface area contributed by atoms with E-state index in [-0.39, 0.29) is 17.9 Å². The number of hydrogen-bond donors (Lipinski definition) is 1. The Morgan fingerprint density at radius 2 is 2.18 bits per heavy atom.